The fourth-order valence-electron chi connectivity index (χ4n) is 2.17. The summed E-state index contributed by atoms with van der Waals surface area (Å²) in [6, 6.07) is 8.80. The first kappa shape index (κ1) is 17.0. The minimum Gasteiger partial charge on any atom is -0.493 e. The number of rotatable bonds is 5. The van der Waals surface area contributed by atoms with Crippen molar-refractivity contribution in [2.75, 3.05) is 14.2 Å². The van der Waals surface area contributed by atoms with Gasteiger partial charge < -0.3 is 15.2 Å². The average molecular weight is 326 g/mol. The Morgan fingerprint density at radius 3 is 2.62 bits per heavy atom. The molecule has 1 heterocycles. The summed E-state index contributed by atoms with van der Waals surface area (Å²) in [6.07, 6.45) is 4.80. The number of guanidine groups is 1. The van der Waals surface area contributed by atoms with Gasteiger partial charge in [-0.3, -0.25) is 20.5 Å². The first-order chi connectivity index (χ1) is 11.6. The number of amides is 1. The lowest BCUT2D eigenvalue weighted by atomic mass is 10.0. The van der Waals surface area contributed by atoms with Gasteiger partial charge in [0.2, 0.25) is 0 Å². The standard InChI is InChI=1S/C17H18N4O3/c1-23-14-7-3-5-11(15(14)24-2)9-13(16(22)21-17(18)19)12-6-4-8-20-10-12/h3-10H,1-2H3,(H4,18,19,21,22)/b13-9+. The second kappa shape index (κ2) is 7.77. The Kier molecular flexibility index (Phi) is 5.51. The minimum absolute atomic E-state index is 0.296. The molecule has 0 radical (unpaired) electrons. The molecule has 0 bridgehead atoms. The molecule has 0 aliphatic carbocycles. The highest BCUT2D eigenvalue weighted by Gasteiger charge is 2.15. The molecule has 124 valence electrons. The second-order valence-electron chi connectivity index (χ2n) is 4.75. The molecule has 1 aromatic carbocycles. The Bertz CT molecular complexity index is 773. The van der Waals surface area contributed by atoms with Crippen LogP contribution in [0.5, 0.6) is 11.5 Å². The molecule has 0 spiro atoms. The number of ether oxygens (including phenoxy) is 2. The second-order valence-corrected chi connectivity index (χ2v) is 4.75. The molecule has 24 heavy (non-hydrogen) atoms. The Hall–Kier alpha value is -3.35. The molecule has 4 N–H and O–H groups in total. The predicted molar refractivity (Wildman–Crippen MR) is 91.7 cm³/mol. The molecule has 0 saturated carbocycles. The summed E-state index contributed by atoms with van der Waals surface area (Å²) in [4.78, 5) is 16.4. The van der Waals surface area contributed by atoms with Crippen LogP contribution >= 0.6 is 0 Å². The molecular formula is C17H18N4O3. The van der Waals surface area contributed by atoms with E-state index in [1.165, 1.54) is 14.2 Å². The van der Waals surface area contributed by atoms with E-state index in [0.29, 0.717) is 28.2 Å². The van der Waals surface area contributed by atoms with Crippen molar-refractivity contribution in [1.82, 2.24) is 10.3 Å². The van der Waals surface area contributed by atoms with Gasteiger partial charge in [-0.15, -0.1) is 0 Å². The van der Waals surface area contributed by atoms with Crippen LogP contribution in [-0.4, -0.2) is 31.1 Å². The van der Waals surface area contributed by atoms with Crippen molar-refractivity contribution >= 4 is 23.5 Å². The quantitative estimate of drug-likeness (QED) is 0.439. The van der Waals surface area contributed by atoms with Gasteiger partial charge in [-0.05, 0) is 18.2 Å². The fraction of sp³-hybridized carbons (Fsp3) is 0.118. The van der Waals surface area contributed by atoms with Crippen LogP contribution in [0.1, 0.15) is 11.1 Å². The number of aromatic nitrogens is 1. The molecule has 0 aliphatic heterocycles. The summed E-state index contributed by atoms with van der Waals surface area (Å²) < 4.78 is 10.6. The van der Waals surface area contributed by atoms with Crippen molar-refractivity contribution in [3.63, 3.8) is 0 Å². The number of carbonyl (C=O) groups is 1. The van der Waals surface area contributed by atoms with E-state index in [1.54, 1.807) is 48.8 Å². The van der Waals surface area contributed by atoms with Crippen LogP contribution in [0.25, 0.3) is 11.6 Å². The summed E-state index contributed by atoms with van der Waals surface area (Å²) >= 11 is 0. The van der Waals surface area contributed by atoms with Gasteiger partial charge in [0, 0.05) is 29.1 Å². The Balaban J connectivity index is 2.57. The highest BCUT2D eigenvalue weighted by Crippen LogP contribution is 2.33. The lowest BCUT2D eigenvalue weighted by Gasteiger charge is -2.12. The smallest absolute Gasteiger partial charge is 0.258 e. The number of nitrogens with one attached hydrogen (secondary N) is 2. The number of nitrogens with two attached hydrogens (primary N) is 1. The molecule has 0 saturated heterocycles. The summed E-state index contributed by atoms with van der Waals surface area (Å²) in [6.45, 7) is 0. The van der Waals surface area contributed by atoms with Gasteiger partial charge in [-0.2, -0.15) is 0 Å². The molecule has 7 nitrogen and oxygen atoms in total. The van der Waals surface area contributed by atoms with Crippen LogP contribution in [0, 0.1) is 5.41 Å². The van der Waals surface area contributed by atoms with Crippen molar-refractivity contribution in [3.05, 3.63) is 53.9 Å². The third-order valence-electron chi connectivity index (χ3n) is 3.20. The average Bonchev–Trinajstić information content (AvgIpc) is 2.59. The fourth-order valence-corrected chi connectivity index (χ4v) is 2.17. The third-order valence-corrected chi connectivity index (χ3v) is 3.20. The van der Waals surface area contributed by atoms with Gasteiger partial charge in [0.15, 0.2) is 17.5 Å². The maximum Gasteiger partial charge on any atom is 0.258 e. The summed E-state index contributed by atoms with van der Waals surface area (Å²) in [7, 11) is 3.06. The lowest BCUT2D eigenvalue weighted by Crippen LogP contribution is -2.36. The van der Waals surface area contributed by atoms with Crippen molar-refractivity contribution in [2.24, 2.45) is 5.73 Å². The Morgan fingerprint density at radius 1 is 1.25 bits per heavy atom. The van der Waals surface area contributed by atoms with Gasteiger partial charge in [-0.1, -0.05) is 18.2 Å². The monoisotopic (exact) mass is 326 g/mol. The number of hydrogen-bond acceptors (Lipinski definition) is 5. The normalized spacial score (nSPS) is 10.8. The van der Waals surface area contributed by atoms with E-state index < -0.39 is 11.9 Å². The van der Waals surface area contributed by atoms with Crippen LogP contribution in [0.15, 0.2) is 42.7 Å². The SMILES string of the molecule is COc1cccc(/C=C(/C(=O)NC(=N)N)c2cccnc2)c1OC. The number of carbonyl (C=O) groups excluding carboxylic acids is 1. The van der Waals surface area contributed by atoms with E-state index in [9.17, 15) is 4.79 Å². The molecule has 2 rings (SSSR count). The number of benzene rings is 1. The summed E-state index contributed by atoms with van der Waals surface area (Å²) in [5.74, 6) is 0.0912. The van der Waals surface area contributed by atoms with Gasteiger partial charge in [-0.25, -0.2) is 0 Å². The van der Waals surface area contributed by atoms with E-state index in [4.69, 9.17) is 20.6 Å². The van der Waals surface area contributed by atoms with E-state index in [-0.39, 0.29) is 0 Å². The largest absolute Gasteiger partial charge is 0.493 e. The zero-order valence-electron chi connectivity index (χ0n) is 13.4. The summed E-state index contributed by atoms with van der Waals surface area (Å²) in [5.41, 5.74) is 6.80. The third kappa shape index (κ3) is 3.89. The first-order valence-electron chi connectivity index (χ1n) is 7.05. The van der Waals surface area contributed by atoms with Gasteiger partial charge in [0.1, 0.15) is 0 Å². The molecule has 7 heteroatoms. The van der Waals surface area contributed by atoms with Crippen molar-refractivity contribution in [1.29, 1.82) is 5.41 Å². The van der Waals surface area contributed by atoms with Crippen molar-refractivity contribution < 1.29 is 14.3 Å². The topological polar surface area (TPSA) is 110 Å². The molecule has 0 fully saturated rings. The van der Waals surface area contributed by atoms with Gasteiger partial charge in [0.25, 0.3) is 5.91 Å². The van der Waals surface area contributed by atoms with Crippen LogP contribution in [0.2, 0.25) is 0 Å². The number of methoxy groups -OCH3 is 2. The Morgan fingerprint density at radius 2 is 2.04 bits per heavy atom. The number of hydrogen-bond donors (Lipinski definition) is 3. The van der Waals surface area contributed by atoms with E-state index in [1.807, 2.05) is 0 Å². The lowest BCUT2D eigenvalue weighted by molar-refractivity contribution is -0.114. The Labute approximate surface area is 139 Å². The zero-order chi connectivity index (χ0) is 17.5. The van der Waals surface area contributed by atoms with Crippen molar-refractivity contribution in [2.45, 2.75) is 0 Å². The zero-order valence-corrected chi connectivity index (χ0v) is 13.4. The van der Waals surface area contributed by atoms with Gasteiger partial charge in [0.05, 0.1) is 14.2 Å². The molecule has 0 atom stereocenters. The molecule has 2 aromatic rings. The number of para-hydroxylation sites is 1. The maximum absolute atomic E-state index is 12.4. The number of nitrogens with zero attached hydrogens (tertiary/aromatic N) is 1. The minimum atomic E-state index is -0.514. The molecule has 1 aromatic heterocycles. The van der Waals surface area contributed by atoms with E-state index in [0.717, 1.165) is 0 Å². The number of pyridine rings is 1. The van der Waals surface area contributed by atoms with Crippen LogP contribution in [-0.2, 0) is 4.79 Å². The highest BCUT2D eigenvalue weighted by atomic mass is 16.5. The molecule has 0 unspecified atom stereocenters. The van der Waals surface area contributed by atoms with Gasteiger partial charge >= 0.3 is 0 Å². The highest BCUT2D eigenvalue weighted by molar-refractivity contribution is 6.27. The maximum atomic E-state index is 12.4. The first-order valence-corrected chi connectivity index (χ1v) is 7.05. The summed E-state index contributed by atoms with van der Waals surface area (Å²) in [5, 5.41) is 9.54. The van der Waals surface area contributed by atoms with E-state index in [2.05, 4.69) is 10.3 Å². The molecule has 1 amide bonds. The molecular weight excluding hydrogens is 308 g/mol. The van der Waals surface area contributed by atoms with Crippen LogP contribution in [0.3, 0.4) is 0 Å². The molecule has 0 aliphatic rings. The predicted octanol–water partition coefficient (Wildman–Crippen LogP) is 1.65. The van der Waals surface area contributed by atoms with Crippen LogP contribution < -0.4 is 20.5 Å². The van der Waals surface area contributed by atoms with E-state index >= 15 is 0 Å². The van der Waals surface area contributed by atoms with Crippen LogP contribution in [0.4, 0.5) is 0 Å². The van der Waals surface area contributed by atoms with Crippen molar-refractivity contribution in [3.8, 4) is 11.5 Å².